The molecular weight excluding hydrogens is 476 g/mol. The highest BCUT2D eigenvalue weighted by Crippen LogP contribution is 2.23. The van der Waals surface area contributed by atoms with Crippen LogP contribution in [0.2, 0.25) is 0 Å². The normalized spacial score (nSPS) is 13.0. The maximum atomic E-state index is 13.4. The Kier molecular flexibility index (Phi) is 9.62. The fraction of sp³-hybridized carbons (Fsp3) is 0.519. The average Bonchev–Trinajstić information content (AvgIpc) is 3.23. The van der Waals surface area contributed by atoms with E-state index in [1.54, 1.807) is 25.4 Å². The third-order valence-electron chi connectivity index (χ3n) is 6.25. The molecule has 9 heteroatoms. The molecule has 1 aromatic carbocycles. The number of carbonyl (C=O) groups is 1. The zero-order chi connectivity index (χ0) is 26.3. The number of esters is 1. The Labute approximate surface area is 214 Å². The van der Waals surface area contributed by atoms with E-state index in [0.29, 0.717) is 19.3 Å². The fourth-order valence-electron chi connectivity index (χ4n) is 4.22. The first kappa shape index (κ1) is 27.8. The van der Waals surface area contributed by atoms with E-state index in [1.165, 1.54) is 4.31 Å². The summed E-state index contributed by atoms with van der Waals surface area (Å²) < 4.78 is 33.6. The van der Waals surface area contributed by atoms with Gasteiger partial charge >= 0.3 is 5.97 Å². The Bertz CT molecular complexity index is 1250. The molecule has 0 spiro atoms. The van der Waals surface area contributed by atoms with Crippen LogP contribution in [0.4, 0.5) is 0 Å². The molecule has 0 unspecified atom stereocenters. The highest BCUT2D eigenvalue weighted by Gasteiger charge is 2.29. The van der Waals surface area contributed by atoms with E-state index in [1.807, 2.05) is 39.0 Å². The Balaban J connectivity index is 1.72. The maximum Gasteiger partial charge on any atom is 0.305 e. The lowest BCUT2D eigenvalue weighted by molar-refractivity contribution is -0.145. The van der Waals surface area contributed by atoms with E-state index in [4.69, 9.17) is 4.74 Å². The largest absolute Gasteiger partial charge is 0.464 e. The second-order valence-electron chi connectivity index (χ2n) is 9.74. The summed E-state index contributed by atoms with van der Waals surface area (Å²) in [5.41, 5.74) is 3.53. The number of hydrogen-bond acceptors (Lipinski definition) is 6. The van der Waals surface area contributed by atoms with Gasteiger partial charge in [0.15, 0.2) is 0 Å². The molecule has 2 aromatic heterocycles. The third-order valence-corrected chi connectivity index (χ3v) is 8.17. The molecule has 36 heavy (non-hydrogen) atoms. The van der Waals surface area contributed by atoms with Gasteiger partial charge in [-0.3, -0.25) is 9.78 Å². The zero-order valence-electron chi connectivity index (χ0n) is 22.0. The summed E-state index contributed by atoms with van der Waals surface area (Å²) in [4.78, 5) is 24.5. The zero-order valence-corrected chi connectivity index (χ0v) is 22.8. The number of sulfonamides is 1. The van der Waals surface area contributed by atoms with Gasteiger partial charge in [0.05, 0.1) is 22.1 Å². The van der Waals surface area contributed by atoms with Gasteiger partial charge < -0.3 is 9.72 Å². The monoisotopic (exact) mass is 514 g/mol. The summed E-state index contributed by atoms with van der Waals surface area (Å²) in [6, 6.07) is 8.33. The molecule has 2 heterocycles. The molecule has 0 aliphatic heterocycles. The SMILES string of the molecule is CCCCCC(=O)OC[C@H](CC(C)C)N(C)S(=O)(=O)c1ccc(Cc2nccc3[nH]c(C)nc23)cc1. The number of hydrogen-bond donors (Lipinski definition) is 1. The lowest BCUT2D eigenvalue weighted by Gasteiger charge is -2.28. The third kappa shape index (κ3) is 7.13. The van der Waals surface area contributed by atoms with Crippen LogP contribution < -0.4 is 0 Å². The van der Waals surface area contributed by atoms with Crippen molar-refractivity contribution in [2.75, 3.05) is 13.7 Å². The van der Waals surface area contributed by atoms with Gasteiger partial charge in [0.1, 0.15) is 17.9 Å². The van der Waals surface area contributed by atoms with Crippen molar-refractivity contribution in [3.8, 4) is 0 Å². The molecule has 0 fully saturated rings. The van der Waals surface area contributed by atoms with Gasteiger partial charge in [-0.2, -0.15) is 4.31 Å². The highest BCUT2D eigenvalue weighted by atomic mass is 32.2. The topological polar surface area (TPSA) is 105 Å². The molecule has 3 aromatic rings. The smallest absolute Gasteiger partial charge is 0.305 e. The van der Waals surface area contributed by atoms with Gasteiger partial charge in [-0.1, -0.05) is 45.7 Å². The standard InChI is InChI=1S/C27H38N4O4S/c1-6-7-8-9-26(32)35-18-22(16-19(2)3)31(5)36(33,34)23-12-10-21(11-13-23)17-25-27-24(14-15-28-25)29-20(4)30-27/h10-15,19,22H,6-9,16-18H2,1-5H3,(H,29,30)/t22-/m0/s1. The number of pyridine rings is 1. The molecule has 0 saturated heterocycles. The van der Waals surface area contributed by atoms with E-state index in [9.17, 15) is 13.2 Å². The van der Waals surface area contributed by atoms with Crippen LogP contribution in [0.1, 0.15) is 70.0 Å². The summed E-state index contributed by atoms with van der Waals surface area (Å²) in [6.07, 6.45) is 6.03. The highest BCUT2D eigenvalue weighted by molar-refractivity contribution is 7.89. The number of unbranched alkanes of at least 4 members (excludes halogenated alkanes) is 2. The summed E-state index contributed by atoms with van der Waals surface area (Å²) in [6.45, 7) is 8.09. The van der Waals surface area contributed by atoms with Crippen LogP contribution in [-0.4, -0.2) is 53.3 Å². The first-order chi connectivity index (χ1) is 17.1. The molecule has 0 bridgehead atoms. The van der Waals surface area contributed by atoms with Gasteiger partial charge in [0.25, 0.3) is 0 Å². The first-order valence-corrected chi connectivity index (χ1v) is 14.1. The van der Waals surface area contributed by atoms with Crippen molar-refractivity contribution >= 4 is 27.0 Å². The Morgan fingerprint density at radius 1 is 1.14 bits per heavy atom. The van der Waals surface area contributed by atoms with Crippen LogP contribution in [0.25, 0.3) is 11.0 Å². The molecule has 0 amide bonds. The fourth-order valence-corrected chi connectivity index (χ4v) is 5.58. The number of rotatable bonds is 13. The second-order valence-corrected chi connectivity index (χ2v) is 11.7. The quantitative estimate of drug-likeness (QED) is 0.254. The first-order valence-electron chi connectivity index (χ1n) is 12.6. The van der Waals surface area contributed by atoms with E-state index in [-0.39, 0.29) is 23.4 Å². The number of carbonyl (C=O) groups excluding carboxylic acids is 1. The second kappa shape index (κ2) is 12.5. The predicted octanol–water partition coefficient (Wildman–Crippen LogP) is 5.02. The molecule has 0 aliphatic rings. The predicted molar refractivity (Wildman–Crippen MR) is 141 cm³/mol. The number of benzene rings is 1. The Hall–Kier alpha value is -2.78. The lowest BCUT2D eigenvalue weighted by Crippen LogP contribution is -2.41. The van der Waals surface area contributed by atoms with E-state index in [2.05, 4.69) is 21.9 Å². The molecule has 0 radical (unpaired) electrons. The van der Waals surface area contributed by atoms with Crippen LogP contribution in [0.5, 0.6) is 0 Å². The van der Waals surface area contributed by atoms with Crippen LogP contribution >= 0.6 is 0 Å². The molecular formula is C27H38N4O4S. The van der Waals surface area contributed by atoms with Crippen molar-refractivity contribution in [2.24, 2.45) is 5.92 Å². The van der Waals surface area contributed by atoms with Gasteiger partial charge in [-0.05, 0) is 49.4 Å². The van der Waals surface area contributed by atoms with Crippen molar-refractivity contribution in [2.45, 2.75) is 77.2 Å². The van der Waals surface area contributed by atoms with Crippen LogP contribution in [0.3, 0.4) is 0 Å². The van der Waals surface area contributed by atoms with Crippen molar-refractivity contribution in [1.82, 2.24) is 19.3 Å². The summed E-state index contributed by atoms with van der Waals surface area (Å²) in [5.74, 6) is 0.795. The van der Waals surface area contributed by atoms with Gasteiger partial charge in [0, 0.05) is 26.1 Å². The van der Waals surface area contributed by atoms with Gasteiger partial charge in [0.2, 0.25) is 10.0 Å². The lowest BCUT2D eigenvalue weighted by atomic mass is 10.0. The van der Waals surface area contributed by atoms with Gasteiger partial charge in [-0.15, -0.1) is 0 Å². The minimum Gasteiger partial charge on any atom is -0.464 e. The molecule has 3 rings (SSSR count). The number of aryl methyl sites for hydroxylation is 1. The van der Waals surface area contributed by atoms with E-state index in [0.717, 1.165) is 47.4 Å². The Morgan fingerprint density at radius 3 is 2.53 bits per heavy atom. The molecule has 196 valence electrons. The van der Waals surface area contributed by atoms with E-state index < -0.39 is 16.1 Å². The van der Waals surface area contributed by atoms with Crippen LogP contribution in [-0.2, 0) is 26.0 Å². The number of likely N-dealkylation sites (N-methyl/N-ethyl adjacent to an activating group) is 1. The van der Waals surface area contributed by atoms with Crippen molar-refractivity contribution in [3.63, 3.8) is 0 Å². The summed E-state index contributed by atoms with van der Waals surface area (Å²) in [5, 5.41) is 0. The number of fused-ring (bicyclic) bond motifs is 1. The number of ether oxygens (including phenoxy) is 1. The number of nitrogens with one attached hydrogen (secondary N) is 1. The Morgan fingerprint density at radius 2 is 1.86 bits per heavy atom. The number of aromatic amines is 1. The molecule has 1 N–H and O–H groups in total. The minimum absolute atomic E-state index is 0.0513. The maximum absolute atomic E-state index is 13.4. The molecule has 1 atom stereocenters. The summed E-state index contributed by atoms with van der Waals surface area (Å²) >= 11 is 0. The van der Waals surface area contributed by atoms with Crippen LogP contribution in [0, 0.1) is 12.8 Å². The molecule has 8 nitrogen and oxygen atoms in total. The van der Waals surface area contributed by atoms with Crippen molar-refractivity contribution in [3.05, 3.63) is 53.6 Å². The molecule has 0 saturated carbocycles. The van der Waals surface area contributed by atoms with Crippen LogP contribution in [0.15, 0.2) is 41.4 Å². The average molecular weight is 515 g/mol. The number of aromatic nitrogens is 3. The minimum atomic E-state index is -3.76. The summed E-state index contributed by atoms with van der Waals surface area (Å²) in [7, 11) is -2.20. The number of nitrogens with zero attached hydrogens (tertiary/aromatic N) is 3. The number of H-pyrrole nitrogens is 1. The number of imidazole rings is 1. The van der Waals surface area contributed by atoms with Gasteiger partial charge in [-0.25, -0.2) is 13.4 Å². The van der Waals surface area contributed by atoms with Crippen molar-refractivity contribution < 1.29 is 17.9 Å². The molecule has 0 aliphatic carbocycles. The van der Waals surface area contributed by atoms with E-state index >= 15 is 0 Å². The van der Waals surface area contributed by atoms with Crippen molar-refractivity contribution in [1.29, 1.82) is 0 Å².